The molecule has 4 nitrogen and oxygen atoms in total. The topological polar surface area (TPSA) is 70.0 Å². The summed E-state index contributed by atoms with van der Waals surface area (Å²) in [5.74, 6) is -0.646. The maximum atomic E-state index is 11.5. The Balaban J connectivity index is 2.19. The molecule has 0 unspecified atom stereocenters. The van der Waals surface area contributed by atoms with Crippen LogP contribution in [-0.4, -0.2) is 18.4 Å². The van der Waals surface area contributed by atoms with E-state index in [1.54, 1.807) is 12.1 Å². The lowest BCUT2D eigenvalue weighted by Crippen LogP contribution is -2.24. The number of nitrogens with one attached hydrogen (secondary N) is 2. The molecule has 85 valence electrons. The average Bonchev–Trinajstić information content (AvgIpc) is 2.29. The highest BCUT2D eigenvalue weighted by Crippen LogP contribution is 1.98. The molecule has 0 fully saturated rings. The maximum Gasteiger partial charge on any atom is 0.251 e. The van der Waals surface area contributed by atoms with E-state index in [4.69, 9.17) is 5.73 Å². The zero-order chi connectivity index (χ0) is 11.8. The molecule has 0 atom stereocenters. The molecule has 4 heteroatoms. The van der Waals surface area contributed by atoms with Crippen molar-refractivity contribution in [3.8, 4) is 0 Å². The summed E-state index contributed by atoms with van der Waals surface area (Å²) in [6.45, 7) is 0.543. The molecule has 0 aliphatic heterocycles. The molecule has 0 bridgehead atoms. The third-order valence-corrected chi connectivity index (χ3v) is 2.15. The predicted molar refractivity (Wildman–Crippen MR) is 60.7 cm³/mol. The third-order valence-electron chi connectivity index (χ3n) is 2.15. The van der Waals surface area contributed by atoms with E-state index in [0.717, 1.165) is 6.42 Å². The third kappa shape index (κ3) is 4.59. The van der Waals surface area contributed by atoms with Crippen LogP contribution in [0.15, 0.2) is 30.3 Å². The lowest BCUT2D eigenvalue weighted by molar-refractivity contribution is -0.118. The number of carbonyl (C=O) groups excluding carboxylic acids is 2. The Kier molecular flexibility index (Phi) is 5.05. The summed E-state index contributed by atoms with van der Waals surface area (Å²) >= 11 is 0. The standard InChI is InChI=1S/C12H15N2O2/c13-11(15)8-4-5-9-14-12(16)10-6-2-1-3-7-10/h1-3,6-7,13H,4-5,8-9H2,(H,14,16). The van der Waals surface area contributed by atoms with Gasteiger partial charge in [-0.15, -0.1) is 0 Å². The lowest BCUT2D eigenvalue weighted by atomic mass is 10.2. The Morgan fingerprint density at radius 1 is 1.12 bits per heavy atom. The predicted octanol–water partition coefficient (Wildman–Crippen LogP) is 1.40. The van der Waals surface area contributed by atoms with Gasteiger partial charge in [-0.2, -0.15) is 0 Å². The van der Waals surface area contributed by atoms with E-state index in [1.165, 1.54) is 0 Å². The van der Waals surface area contributed by atoms with Crippen LogP contribution in [0.2, 0.25) is 0 Å². The fourth-order valence-corrected chi connectivity index (χ4v) is 1.30. The Labute approximate surface area is 94.8 Å². The van der Waals surface area contributed by atoms with Gasteiger partial charge < -0.3 is 5.32 Å². The van der Waals surface area contributed by atoms with Crippen molar-refractivity contribution in [1.82, 2.24) is 11.1 Å². The van der Waals surface area contributed by atoms with Crippen LogP contribution in [0.25, 0.3) is 0 Å². The first-order valence-corrected chi connectivity index (χ1v) is 5.28. The first-order chi connectivity index (χ1) is 7.70. The number of carbonyl (C=O) groups is 2. The molecule has 0 saturated heterocycles. The van der Waals surface area contributed by atoms with E-state index in [1.807, 2.05) is 18.2 Å². The summed E-state index contributed by atoms with van der Waals surface area (Å²) < 4.78 is 0. The van der Waals surface area contributed by atoms with Gasteiger partial charge in [-0.3, -0.25) is 15.3 Å². The number of benzene rings is 1. The van der Waals surface area contributed by atoms with Gasteiger partial charge in [0.2, 0.25) is 5.91 Å². The average molecular weight is 219 g/mol. The molecule has 2 amide bonds. The van der Waals surface area contributed by atoms with E-state index >= 15 is 0 Å². The van der Waals surface area contributed by atoms with E-state index in [-0.39, 0.29) is 12.3 Å². The molecule has 0 heterocycles. The largest absolute Gasteiger partial charge is 0.352 e. The zero-order valence-electron chi connectivity index (χ0n) is 9.03. The number of rotatable bonds is 6. The van der Waals surface area contributed by atoms with Gasteiger partial charge in [0.1, 0.15) is 0 Å². The molecule has 1 aromatic rings. The molecule has 0 aromatic heterocycles. The lowest BCUT2D eigenvalue weighted by Gasteiger charge is -2.04. The van der Waals surface area contributed by atoms with Crippen molar-refractivity contribution in [2.24, 2.45) is 0 Å². The molecule has 1 radical (unpaired) electrons. The monoisotopic (exact) mass is 219 g/mol. The van der Waals surface area contributed by atoms with Gasteiger partial charge in [-0.1, -0.05) is 18.2 Å². The highest BCUT2D eigenvalue weighted by Gasteiger charge is 2.02. The maximum absolute atomic E-state index is 11.5. The van der Waals surface area contributed by atoms with Crippen LogP contribution in [0.3, 0.4) is 0 Å². The Bertz CT molecular complexity index is 349. The molecule has 0 aliphatic carbocycles. The fourth-order valence-electron chi connectivity index (χ4n) is 1.30. The van der Waals surface area contributed by atoms with E-state index < -0.39 is 5.91 Å². The van der Waals surface area contributed by atoms with Gasteiger partial charge >= 0.3 is 0 Å². The molecule has 1 rings (SSSR count). The number of hydrogen-bond donors (Lipinski definition) is 1. The van der Waals surface area contributed by atoms with Crippen LogP contribution in [0.5, 0.6) is 0 Å². The number of hydrogen-bond acceptors (Lipinski definition) is 2. The molecule has 1 aromatic carbocycles. The van der Waals surface area contributed by atoms with Gasteiger partial charge in [-0.05, 0) is 25.0 Å². The van der Waals surface area contributed by atoms with E-state index in [0.29, 0.717) is 18.5 Å². The Morgan fingerprint density at radius 3 is 2.44 bits per heavy atom. The van der Waals surface area contributed by atoms with Crippen molar-refractivity contribution in [1.29, 1.82) is 0 Å². The van der Waals surface area contributed by atoms with Gasteiger partial charge in [0.05, 0.1) is 0 Å². The first kappa shape index (κ1) is 12.2. The van der Waals surface area contributed by atoms with Gasteiger partial charge in [0, 0.05) is 18.5 Å². The summed E-state index contributed by atoms with van der Waals surface area (Å²) in [7, 11) is 0. The molecule has 2 N–H and O–H groups in total. The number of amides is 2. The molecule has 0 spiro atoms. The second kappa shape index (κ2) is 6.61. The summed E-state index contributed by atoms with van der Waals surface area (Å²) in [6.07, 6.45) is 1.64. The van der Waals surface area contributed by atoms with Crippen molar-refractivity contribution >= 4 is 11.8 Å². The van der Waals surface area contributed by atoms with Crippen LogP contribution in [0.4, 0.5) is 0 Å². The smallest absolute Gasteiger partial charge is 0.251 e. The highest BCUT2D eigenvalue weighted by atomic mass is 16.2. The highest BCUT2D eigenvalue weighted by molar-refractivity contribution is 5.94. The van der Waals surface area contributed by atoms with Gasteiger partial charge in [0.25, 0.3) is 5.91 Å². The zero-order valence-corrected chi connectivity index (χ0v) is 9.03. The minimum Gasteiger partial charge on any atom is -0.352 e. The fraction of sp³-hybridized carbons (Fsp3) is 0.333. The van der Waals surface area contributed by atoms with Crippen LogP contribution in [0, 0.1) is 0 Å². The van der Waals surface area contributed by atoms with Crippen molar-refractivity contribution in [2.75, 3.05) is 6.54 Å². The van der Waals surface area contributed by atoms with E-state index in [2.05, 4.69) is 5.32 Å². The summed E-state index contributed by atoms with van der Waals surface area (Å²) in [5, 5.41) is 2.76. The van der Waals surface area contributed by atoms with Crippen LogP contribution < -0.4 is 11.1 Å². The van der Waals surface area contributed by atoms with Crippen molar-refractivity contribution in [3.63, 3.8) is 0 Å². The van der Waals surface area contributed by atoms with Gasteiger partial charge in [0.15, 0.2) is 0 Å². The summed E-state index contributed by atoms with van der Waals surface area (Å²) in [4.78, 5) is 21.9. The quantitative estimate of drug-likeness (QED) is 0.734. The van der Waals surface area contributed by atoms with Gasteiger partial charge in [-0.25, -0.2) is 0 Å². The molecular weight excluding hydrogens is 204 g/mol. The molecule has 0 aliphatic rings. The van der Waals surface area contributed by atoms with Crippen LogP contribution >= 0.6 is 0 Å². The second-order valence-corrected chi connectivity index (χ2v) is 3.50. The minimum absolute atomic E-state index is 0.0993. The van der Waals surface area contributed by atoms with E-state index in [9.17, 15) is 9.59 Å². The minimum atomic E-state index is -0.547. The Hall–Kier alpha value is -1.84. The second-order valence-electron chi connectivity index (χ2n) is 3.50. The van der Waals surface area contributed by atoms with Crippen molar-refractivity contribution < 1.29 is 9.59 Å². The van der Waals surface area contributed by atoms with Crippen LogP contribution in [0.1, 0.15) is 29.6 Å². The molecule has 16 heavy (non-hydrogen) atoms. The molecule has 0 saturated carbocycles. The Morgan fingerprint density at radius 2 is 1.81 bits per heavy atom. The van der Waals surface area contributed by atoms with Crippen molar-refractivity contribution in [3.05, 3.63) is 35.9 Å². The normalized spacial score (nSPS) is 9.75. The van der Waals surface area contributed by atoms with Crippen molar-refractivity contribution in [2.45, 2.75) is 19.3 Å². The molecular formula is C12H15N2O2. The van der Waals surface area contributed by atoms with Crippen LogP contribution in [-0.2, 0) is 4.79 Å². The summed E-state index contributed by atoms with van der Waals surface area (Å²) in [6, 6.07) is 8.99. The first-order valence-electron chi connectivity index (χ1n) is 5.28. The summed E-state index contributed by atoms with van der Waals surface area (Å²) in [5.41, 5.74) is 7.34. The SMILES string of the molecule is [NH]C(=O)CCCCNC(=O)c1ccccc1. The number of unbranched alkanes of at least 4 members (excludes halogenated alkanes) is 1.